The summed E-state index contributed by atoms with van der Waals surface area (Å²) in [6, 6.07) is 19.5. The average molecular weight is 474 g/mol. The van der Waals surface area contributed by atoms with Crippen molar-refractivity contribution in [1.82, 2.24) is 4.90 Å². The highest BCUT2D eigenvalue weighted by Gasteiger charge is 2.41. The lowest BCUT2D eigenvalue weighted by molar-refractivity contribution is 0.0130. The Morgan fingerprint density at radius 3 is 2.40 bits per heavy atom. The highest BCUT2D eigenvalue weighted by molar-refractivity contribution is 5.97. The number of benzene rings is 3. The predicted octanol–water partition coefficient (Wildman–Crippen LogP) is 6.08. The summed E-state index contributed by atoms with van der Waals surface area (Å²) in [6.07, 6.45) is 3.25. The van der Waals surface area contributed by atoms with Crippen LogP contribution in [0.2, 0.25) is 0 Å². The number of nitrogens with zero attached hydrogens (tertiary/aromatic N) is 1. The van der Waals surface area contributed by atoms with Gasteiger partial charge in [0.05, 0.1) is 12.2 Å². The van der Waals surface area contributed by atoms with Crippen LogP contribution in [0.3, 0.4) is 0 Å². The van der Waals surface area contributed by atoms with E-state index in [1.165, 1.54) is 23.3 Å². The van der Waals surface area contributed by atoms with E-state index >= 15 is 0 Å². The SMILES string of the molecule is O=C(c1ccc(F)cc1)C1CCN(CC2CC3c4ccccc4Cc4ccc(F)cc4C3O2)CC1. The number of ketones is 1. The molecule has 2 aliphatic heterocycles. The average Bonchev–Trinajstić information content (AvgIpc) is 3.24. The number of Topliss-reactive ketones (excluding diaryl/α,β-unsaturated/α-hetero) is 1. The highest BCUT2D eigenvalue weighted by Crippen LogP contribution is 2.49. The Labute approximate surface area is 204 Å². The fraction of sp³-hybridized carbons (Fsp3) is 0.367. The van der Waals surface area contributed by atoms with Gasteiger partial charge in [0.25, 0.3) is 0 Å². The molecule has 180 valence electrons. The second-order valence-corrected chi connectivity index (χ2v) is 10.2. The lowest BCUT2D eigenvalue weighted by Crippen LogP contribution is -2.40. The number of carbonyl (C=O) groups excluding carboxylic acids is 1. The van der Waals surface area contributed by atoms with Crippen LogP contribution in [0.15, 0.2) is 66.7 Å². The van der Waals surface area contributed by atoms with Crippen molar-refractivity contribution in [3.05, 3.63) is 106 Å². The third-order valence-electron chi connectivity index (χ3n) is 8.02. The number of carbonyl (C=O) groups is 1. The van der Waals surface area contributed by atoms with Gasteiger partial charge in [-0.2, -0.15) is 0 Å². The van der Waals surface area contributed by atoms with Gasteiger partial charge in [0.2, 0.25) is 0 Å². The number of ether oxygens (including phenoxy) is 1. The smallest absolute Gasteiger partial charge is 0.166 e. The van der Waals surface area contributed by atoms with Gasteiger partial charge in [-0.05, 0) is 97.4 Å². The van der Waals surface area contributed by atoms with Crippen molar-refractivity contribution in [3.63, 3.8) is 0 Å². The van der Waals surface area contributed by atoms with Gasteiger partial charge < -0.3 is 9.64 Å². The zero-order valence-corrected chi connectivity index (χ0v) is 19.6. The molecule has 0 saturated carbocycles. The Kier molecular flexibility index (Phi) is 5.99. The number of rotatable bonds is 4. The summed E-state index contributed by atoms with van der Waals surface area (Å²) in [6.45, 7) is 2.50. The Hall–Kier alpha value is -2.89. The van der Waals surface area contributed by atoms with E-state index in [1.807, 2.05) is 6.07 Å². The summed E-state index contributed by atoms with van der Waals surface area (Å²) in [4.78, 5) is 15.2. The predicted molar refractivity (Wildman–Crippen MR) is 131 cm³/mol. The van der Waals surface area contributed by atoms with Crippen molar-refractivity contribution < 1.29 is 18.3 Å². The minimum atomic E-state index is -0.322. The molecule has 0 bridgehead atoms. The quantitative estimate of drug-likeness (QED) is 0.430. The molecule has 6 rings (SSSR count). The summed E-state index contributed by atoms with van der Waals surface area (Å²) in [5, 5.41) is 0. The molecule has 0 radical (unpaired) electrons. The molecule has 5 heteroatoms. The molecule has 3 unspecified atom stereocenters. The molecule has 2 heterocycles. The van der Waals surface area contributed by atoms with E-state index in [2.05, 4.69) is 29.2 Å². The number of fused-ring (bicyclic) bond motifs is 5. The van der Waals surface area contributed by atoms with Crippen molar-refractivity contribution in [2.24, 2.45) is 5.92 Å². The number of piperidine rings is 1. The number of likely N-dealkylation sites (tertiary alicyclic amines) is 1. The van der Waals surface area contributed by atoms with Crippen LogP contribution in [0.25, 0.3) is 0 Å². The highest BCUT2D eigenvalue weighted by atomic mass is 19.1. The normalized spacial score (nSPS) is 24.3. The molecule has 35 heavy (non-hydrogen) atoms. The van der Waals surface area contributed by atoms with Gasteiger partial charge in [0, 0.05) is 23.9 Å². The standard InChI is InChI=1S/C30H29F2NO2/c31-23-8-5-19(6-9-23)29(34)20-11-13-33(14-12-20)18-25-17-28-26-4-2-1-3-21(26)15-22-7-10-24(32)16-27(22)30(28)35-25/h1-10,16,20,25,28,30H,11-15,17-18H2. The van der Waals surface area contributed by atoms with Gasteiger partial charge >= 0.3 is 0 Å². The molecule has 1 aliphatic carbocycles. The molecule has 0 N–H and O–H groups in total. The zero-order chi connectivity index (χ0) is 23.9. The van der Waals surface area contributed by atoms with E-state index in [0.717, 1.165) is 56.4 Å². The summed E-state index contributed by atoms with van der Waals surface area (Å²) in [5.41, 5.74) is 5.34. The molecular weight excluding hydrogens is 444 g/mol. The van der Waals surface area contributed by atoms with Crippen molar-refractivity contribution in [1.29, 1.82) is 0 Å². The van der Waals surface area contributed by atoms with Gasteiger partial charge in [-0.15, -0.1) is 0 Å². The van der Waals surface area contributed by atoms with Crippen LogP contribution < -0.4 is 0 Å². The molecule has 3 atom stereocenters. The maximum absolute atomic E-state index is 14.2. The van der Waals surface area contributed by atoms with Gasteiger partial charge in [0.15, 0.2) is 5.78 Å². The van der Waals surface area contributed by atoms with E-state index in [1.54, 1.807) is 24.3 Å². The summed E-state index contributed by atoms with van der Waals surface area (Å²) in [7, 11) is 0. The largest absolute Gasteiger partial charge is 0.368 e. The van der Waals surface area contributed by atoms with E-state index in [-0.39, 0.29) is 41.5 Å². The van der Waals surface area contributed by atoms with Gasteiger partial charge in [-0.3, -0.25) is 4.79 Å². The molecular formula is C30H29F2NO2. The number of halogens is 2. The monoisotopic (exact) mass is 473 g/mol. The van der Waals surface area contributed by atoms with Crippen LogP contribution in [0.1, 0.15) is 63.9 Å². The van der Waals surface area contributed by atoms with Crippen molar-refractivity contribution >= 4 is 5.78 Å². The Morgan fingerprint density at radius 2 is 1.60 bits per heavy atom. The molecule has 0 amide bonds. The minimum absolute atomic E-state index is 0.0194. The first-order valence-electron chi connectivity index (χ1n) is 12.6. The first-order chi connectivity index (χ1) is 17.0. The minimum Gasteiger partial charge on any atom is -0.368 e. The lowest BCUT2D eigenvalue weighted by atomic mass is 9.86. The second-order valence-electron chi connectivity index (χ2n) is 10.2. The molecule has 3 aromatic rings. The third kappa shape index (κ3) is 4.43. The van der Waals surface area contributed by atoms with Gasteiger partial charge in [-0.1, -0.05) is 30.3 Å². The first-order valence-corrected chi connectivity index (χ1v) is 12.6. The maximum atomic E-state index is 14.2. The van der Waals surface area contributed by atoms with Crippen LogP contribution in [0, 0.1) is 17.6 Å². The molecule has 3 nitrogen and oxygen atoms in total. The fourth-order valence-corrected chi connectivity index (χ4v) is 6.23. The van der Waals surface area contributed by atoms with Gasteiger partial charge in [-0.25, -0.2) is 8.78 Å². The summed E-state index contributed by atoms with van der Waals surface area (Å²) in [5.74, 6) is -0.226. The maximum Gasteiger partial charge on any atom is 0.166 e. The van der Waals surface area contributed by atoms with Crippen LogP contribution in [0.5, 0.6) is 0 Å². The molecule has 2 saturated heterocycles. The summed E-state index contributed by atoms with van der Waals surface area (Å²) >= 11 is 0. The van der Waals surface area contributed by atoms with E-state index < -0.39 is 0 Å². The van der Waals surface area contributed by atoms with Gasteiger partial charge in [0.1, 0.15) is 11.6 Å². The van der Waals surface area contributed by atoms with Crippen LogP contribution >= 0.6 is 0 Å². The Bertz CT molecular complexity index is 1230. The molecule has 0 spiro atoms. The van der Waals surface area contributed by atoms with E-state index in [4.69, 9.17) is 4.74 Å². The van der Waals surface area contributed by atoms with Crippen LogP contribution in [-0.4, -0.2) is 36.4 Å². The molecule has 3 aliphatic rings. The number of hydrogen-bond donors (Lipinski definition) is 0. The Morgan fingerprint density at radius 1 is 0.886 bits per heavy atom. The first kappa shape index (κ1) is 22.6. The van der Waals surface area contributed by atoms with E-state index in [9.17, 15) is 13.6 Å². The summed E-state index contributed by atoms with van der Waals surface area (Å²) < 4.78 is 34.1. The molecule has 0 aromatic heterocycles. The molecule has 2 fully saturated rings. The third-order valence-corrected chi connectivity index (χ3v) is 8.02. The lowest BCUT2D eigenvalue weighted by Gasteiger charge is -2.33. The van der Waals surface area contributed by atoms with Crippen molar-refractivity contribution in [3.8, 4) is 0 Å². The fourth-order valence-electron chi connectivity index (χ4n) is 6.23. The number of hydrogen-bond acceptors (Lipinski definition) is 3. The van der Waals surface area contributed by atoms with Crippen LogP contribution in [0.4, 0.5) is 8.78 Å². The Balaban J connectivity index is 1.14. The zero-order valence-electron chi connectivity index (χ0n) is 19.6. The topological polar surface area (TPSA) is 29.5 Å². The van der Waals surface area contributed by atoms with E-state index in [0.29, 0.717) is 5.56 Å². The molecule has 3 aromatic carbocycles. The van der Waals surface area contributed by atoms with Crippen molar-refractivity contribution in [2.45, 2.75) is 43.8 Å². The van der Waals surface area contributed by atoms with Crippen LogP contribution in [-0.2, 0) is 11.2 Å². The van der Waals surface area contributed by atoms with Crippen molar-refractivity contribution in [2.75, 3.05) is 19.6 Å². The second kappa shape index (κ2) is 9.29.